The maximum atomic E-state index is 5.89. The summed E-state index contributed by atoms with van der Waals surface area (Å²) >= 11 is 3.45. The van der Waals surface area contributed by atoms with Crippen LogP contribution in [-0.2, 0) is 0 Å². The second-order valence-electron chi connectivity index (χ2n) is 4.97. The standard InChI is InChI=1S/C13H18BrNO/c1-13(6-3-2-4-7-13)10-16-12-5-8-15-9-11(12)14/h5,8-9H,2-4,6-7,10H2,1H3. The molecule has 1 aromatic heterocycles. The Kier molecular flexibility index (Phi) is 3.85. The van der Waals surface area contributed by atoms with Crippen LogP contribution < -0.4 is 4.74 Å². The van der Waals surface area contributed by atoms with E-state index in [0.717, 1.165) is 16.8 Å². The molecule has 16 heavy (non-hydrogen) atoms. The first-order chi connectivity index (χ1) is 7.70. The lowest BCUT2D eigenvalue weighted by Crippen LogP contribution is -2.27. The summed E-state index contributed by atoms with van der Waals surface area (Å²) in [7, 11) is 0. The third-order valence-corrected chi connectivity index (χ3v) is 3.97. The van der Waals surface area contributed by atoms with Crippen LogP contribution in [0.25, 0.3) is 0 Å². The molecule has 0 saturated heterocycles. The van der Waals surface area contributed by atoms with Crippen LogP contribution in [0, 0.1) is 5.41 Å². The van der Waals surface area contributed by atoms with Crippen molar-refractivity contribution in [1.29, 1.82) is 0 Å². The smallest absolute Gasteiger partial charge is 0.136 e. The zero-order valence-electron chi connectivity index (χ0n) is 9.71. The summed E-state index contributed by atoms with van der Waals surface area (Å²) in [6.07, 6.45) is 10.2. The SMILES string of the molecule is CC1(COc2ccncc2Br)CCCCC1. The first-order valence-electron chi connectivity index (χ1n) is 5.92. The topological polar surface area (TPSA) is 22.1 Å². The van der Waals surface area contributed by atoms with Crippen LogP contribution in [0.1, 0.15) is 39.0 Å². The number of halogens is 1. The van der Waals surface area contributed by atoms with Crippen LogP contribution in [0.3, 0.4) is 0 Å². The van der Waals surface area contributed by atoms with Gasteiger partial charge in [-0.3, -0.25) is 4.98 Å². The lowest BCUT2D eigenvalue weighted by Gasteiger charge is -2.33. The number of rotatable bonds is 3. The first-order valence-corrected chi connectivity index (χ1v) is 6.71. The predicted molar refractivity (Wildman–Crippen MR) is 68.6 cm³/mol. The fourth-order valence-electron chi connectivity index (χ4n) is 2.28. The maximum Gasteiger partial charge on any atom is 0.136 e. The number of hydrogen-bond acceptors (Lipinski definition) is 2. The summed E-state index contributed by atoms with van der Waals surface area (Å²) in [5, 5.41) is 0. The monoisotopic (exact) mass is 283 g/mol. The van der Waals surface area contributed by atoms with Crippen molar-refractivity contribution in [3.63, 3.8) is 0 Å². The molecule has 1 aliphatic rings. The zero-order valence-corrected chi connectivity index (χ0v) is 11.3. The molecule has 1 aliphatic carbocycles. The van der Waals surface area contributed by atoms with Crippen LogP contribution in [0.4, 0.5) is 0 Å². The van der Waals surface area contributed by atoms with Crippen LogP contribution in [0.2, 0.25) is 0 Å². The van der Waals surface area contributed by atoms with Gasteiger partial charge in [-0.05, 0) is 34.8 Å². The molecule has 0 atom stereocenters. The molecule has 0 radical (unpaired) electrons. The molecule has 0 amide bonds. The molecule has 88 valence electrons. The van der Waals surface area contributed by atoms with E-state index < -0.39 is 0 Å². The average Bonchev–Trinajstić information content (AvgIpc) is 2.29. The Labute approximate surface area is 106 Å². The molecule has 1 heterocycles. The third kappa shape index (κ3) is 2.97. The van der Waals surface area contributed by atoms with Crippen molar-refractivity contribution in [2.75, 3.05) is 6.61 Å². The van der Waals surface area contributed by atoms with Gasteiger partial charge in [0.1, 0.15) is 5.75 Å². The summed E-state index contributed by atoms with van der Waals surface area (Å²) in [5.74, 6) is 0.904. The van der Waals surface area contributed by atoms with E-state index in [1.165, 1.54) is 32.1 Å². The highest BCUT2D eigenvalue weighted by Crippen LogP contribution is 2.36. The fourth-order valence-corrected chi connectivity index (χ4v) is 2.65. The van der Waals surface area contributed by atoms with Gasteiger partial charge in [-0.25, -0.2) is 0 Å². The van der Waals surface area contributed by atoms with Gasteiger partial charge in [-0.1, -0.05) is 26.2 Å². The normalized spacial score (nSPS) is 19.4. The van der Waals surface area contributed by atoms with Gasteiger partial charge in [-0.15, -0.1) is 0 Å². The molecule has 2 nitrogen and oxygen atoms in total. The molecule has 0 spiro atoms. The number of hydrogen-bond donors (Lipinski definition) is 0. The molecule has 0 N–H and O–H groups in total. The lowest BCUT2D eigenvalue weighted by atomic mass is 9.76. The summed E-state index contributed by atoms with van der Waals surface area (Å²) in [6, 6.07) is 1.91. The Morgan fingerprint density at radius 1 is 1.38 bits per heavy atom. The number of pyridine rings is 1. The van der Waals surface area contributed by atoms with E-state index in [4.69, 9.17) is 4.74 Å². The quantitative estimate of drug-likeness (QED) is 0.830. The minimum absolute atomic E-state index is 0.362. The van der Waals surface area contributed by atoms with E-state index in [9.17, 15) is 0 Å². The Morgan fingerprint density at radius 3 is 2.81 bits per heavy atom. The highest BCUT2D eigenvalue weighted by Gasteiger charge is 2.27. The van der Waals surface area contributed by atoms with Crippen molar-refractivity contribution in [3.05, 3.63) is 22.9 Å². The van der Waals surface area contributed by atoms with E-state index >= 15 is 0 Å². The first kappa shape index (κ1) is 11.9. The molecule has 1 aromatic rings. The zero-order chi connectivity index (χ0) is 11.4. The summed E-state index contributed by atoms with van der Waals surface area (Å²) in [6.45, 7) is 3.15. The Bertz CT molecular complexity index is 348. The Morgan fingerprint density at radius 2 is 2.12 bits per heavy atom. The molecule has 0 aliphatic heterocycles. The predicted octanol–water partition coefficient (Wildman–Crippen LogP) is 4.19. The largest absolute Gasteiger partial charge is 0.492 e. The molecule has 1 fully saturated rings. The van der Waals surface area contributed by atoms with Crippen LogP contribution in [0.5, 0.6) is 5.75 Å². The van der Waals surface area contributed by atoms with Crippen molar-refractivity contribution in [1.82, 2.24) is 4.98 Å². The van der Waals surface area contributed by atoms with Gasteiger partial charge in [-0.2, -0.15) is 0 Å². The number of nitrogens with zero attached hydrogens (tertiary/aromatic N) is 1. The van der Waals surface area contributed by atoms with E-state index in [1.807, 2.05) is 6.07 Å². The molecular formula is C13H18BrNO. The van der Waals surface area contributed by atoms with E-state index in [2.05, 4.69) is 27.8 Å². The van der Waals surface area contributed by atoms with E-state index in [-0.39, 0.29) is 0 Å². The van der Waals surface area contributed by atoms with Gasteiger partial charge >= 0.3 is 0 Å². The van der Waals surface area contributed by atoms with Gasteiger partial charge in [0, 0.05) is 17.8 Å². The fraction of sp³-hybridized carbons (Fsp3) is 0.615. The summed E-state index contributed by atoms with van der Waals surface area (Å²) < 4.78 is 6.83. The molecule has 0 aromatic carbocycles. The van der Waals surface area contributed by atoms with Crippen LogP contribution in [-0.4, -0.2) is 11.6 Å². The maximum absolute atomic E-state index is 5.89. The Hall–Kier alpha value is -0.570. The molecule has 0 unspecified atom stereocenters. The highest BCUT2D eigenvalue weighted by molar-refractivity contribution is 9.10. The van der Waals surface area contributed by atoms with Crippen molar-refractivity contribution in [2.45, 2.75) is 39.0 Å². The van der Waals surface area contributed by atoms with Gasteiger partial charge in [0.2, 0.25) is 0 Å². The second-order valence-corrected chi connectivity index (χ2v) is 5.82. The van der Waals surface area contributed by atoms with E-state index in [0.29, 0.717) is 5.41 Å². The molecule has 3 heteroatoms. The second kappa shape index (κ2) is 5.17. The van der Waals surface area contributed by atoms with Gasteiger partial charge in [0.05, 0.1) is 11.1 Å². The van der Waals surface area contributed by atoms with Crippen molar-refractivity contribution in [2.24, 2.45) is 5.41 Å². The minimum atomic E-state index is 0.362. The number of aromatic nitrogens is 1. The van der Waals surface area contributed by atoms with E-state index in [1.54, 1.807) is 12.4 Å². The molecule has 0 bridgehead atoms. The molecule has 2 rings (SSSR count). The van der Waals surface area contributed by atoms with Crippen LogP contribution >= 0.6 is 15.9 Å². The lowest BCUT2D eigenvalue weighted by molar-refractivity contribution is 0.115. The van der Waals surface area contributed by atoms with Crippen LogP contribution in [0.15, 0.2) is 22.9 Å². The number of ether oxygens (including phenoxy) is 1. The van der Waals surface area contributed by atoms with Crippen molar-refractivity contribution >= 4 is 15.9 Å². The molecule has 1 saturated carbocycles. The molecular weight excluding hydrogens is 266 g/mol. The van der Waals surface area contributed by atoms with Gasteiger partial charge in [0.25, 0.3) is 0 Å². The third-order valence-electron chi connectivity index (χ3n) is 3.37. The highest BCUT2D eigenvalue weighted by atomic mass is 79.9. The van der Waals surface area contributed by atoms with Crippen molar-refractivity contribution < 1.29 is 4.74 Å². The Balaban J connectivity index is 1.94. The summed E-state index contributed by atoms with van der Waals surface area (Å²) in [5.41, 5.74) is 0.362. The summed E-state index contributed by atoms with van der Waals surface area (Å²) in [4.78, 5) is 4.03. The van der Waals surface area contributed by atoms with Crippen molar-refractivity contribution in [3.8, 4) is 5.75 Å². The minimum Gasteiger partial charge on any atom is -0.492 e. The van der Waals surface area contributed by atoms with Gasteiger partial charge in [0.15, 0.2) is 0 Å². The van der Waals surface area contributed by atoms with Gasteiger partial charge < -0.3 is 4.74 Å². The average molecular weight is 284 g/mol.